The van der Waals surface area contributed by atoms with Gasteiger partial charge in [-0.1, -0.05) is 232 Å². The van der Waals surface area contributed by atoms with Crippen LogP contribution in [0.5, 0.6) is 0 Å². The lowest BCUT2D eigenvalue weighted by Gasteiger charge is -2.18. The van der Waals surface area contributed by atoms with E-state index in [1.165, 1.54) is 57.8 Å². The monoisotopic (exact) mass is 885 g/mol. The molecule has 0 fully saturated rings. The molecule has 1 unspecified atom stereocenters. The molecule has 0 aliphatic rings. The number of hydrogen-bond donors (Lipinski definition) is 0. The fourth-order valence-corrected chi connectivity index (χ4v) is 6.51. The average Bonchev–Trinajstić information content (AvgIpc) is 3.29. The van der Waals surface area contributed by atoms with E-state index in [4.69, 9.17) is 14.2 Å². The van der Waals surface area contributed by atoms with Crippen molar-refractivity contribution in [3.63, 3.8) is 0 Å². The molecule has 0 aliphatic heterocycles. The molecule has 0 saturated heterocycles. The van der Waals surface area contributed by atoms with Gasteiger partial charge in [0, 0.05) is 19.3 Å². The van der Waals surface area contributed by atoms with E-state index in [2.05, 4.69) is 106 Å². The van der Waals surface area contributed by atoms with Crippen molar-refractivity contribution in [2.45, 2.75) is 213 Å². The second-order valence-corrected chi connectivity index (χ2v) is 16.5. The minimum absolute atomic E-state index is 0.111. The van der Waals surface area contributed by atoms with Crippen molar-refractivity contribution in [1.29, 1.82) is 0 Å². The zero-order valence-electron chi connectivity index (χ0n) is 41.0. The Kier molecular flexibility index (Phi) is 48.1. The van der Waals surface area contributed by atoms with Gasteiger partial charge in [-0.3, -0.25) is 14.4 Å². The second kappa shape index (κ2) is 51.4. The standard InChI is InChI=1S/C58H92O6/c1-4-7-10-13-16-19-22-24-26-28-30-31-33-36-39-42-45-48-51-57(60)63-54-55(53-62-56(59)50-47-44-41-38-35-21-18-15-12-9-6-3)64-58(61)52-49-46-43-40-37-34-32-29-27-25-23-20-17-14-11-8-5-2/h8,10-11,13,16-17,19-20,22,24-28,30-32,34,40,43,55H,4-7,9,12,14-15,18,21,23,29,33,35-39,41-42,44-54H2,1-3H3/b11-8-,13-10-,19-16-,20-17-,24-22-,27-25-,28-26-,31-30-,34-32-,43-40-. The van der Waals surface area contributed by atoms with E-state index in [-0.39, 0.29) is 37.5 Å². The Hall–Kier alpha value is -4.19. The lowest BCUT2D eigenvalue weighted by Crippen LogP contribution is -2.30. The molecule has 360 valence electrons. The van der Waals surface area contributed by atoms with E-state index in [0.717, 1.165) is 103 Å². The Labute approximate surface area is 392 Å². The van der Waals surface area contributed by atoms with Gasteiger partial charge in [-0.05, 0) is 77.0 Å². The summed E-state index contributed by atoms with van der Waals surface area (Å²) in [6.07, 6.45) is 70.3. The molecule has 1 atom stereocenters. The highest BCUT2D eigenvalue weighted by Crippen LogP contribution is 2.13. The highest BCUT2D eigenvalue weighted by molar-refractivity contribution is 5.71. The third kappa shape index (κ3) is 48.8. The van der Waals surface area contributed by atoms with Crippen LogP contribution < -0.4 is 0 Å². The minimum Gasteiger partial charge on any atom is -0.462 e. The summed E-state index contributed by atoms with van der Waals surface area (Å²) in [6, 6.07) is 0. The first-order chi connectivity index (χ1) is 31.5. The molecule has 0 amide bonds. The third-order valence-corrected chi connectivity index (χ3v) is 10.3. The van der Waals surface area contributed by atoms with Gasteiger partial charge in [-0.2, -0.15) is 0 Å². The maximum atomic E-state index is 12.8. The van der Waals surface area contributed by atoms with Crippen molar-refractivity contribution in [2.75, 3.05) is 13.2 Å². The number of esters is 3. The van der Waals surface area contributed by atoms with Crippen LogP contribution in [-0.4, -0.2) is 37.2 Å². The summed E-state index contributed by atoms with van der Waals surface area (Å²) in [4.78, 5) is 37.9. The van der Waals surface area contributed by atoms with E-state index in [1.54, 1.807) is 0 Å². The van der Waals surface area contributed by atoms with Crippen molar-refractivity contribution in [3.8, 4) is 0 Å². The molecule has 6 nitrogen and oxygen atoms in total. The maximum absolute atomic E-state index is 12.8. The average molecular weight is 885 g/mol. The van der Waals surface area contributed by atoms with E-state index in [0.29, 0.717) is 19.3 Å². The molecule has 0 aromatic heterocycles. The quantitative estimate of drug-likeness (QED) is 0.0199. The van der Waals surface area contributed by atoms with Crippen molar-refractivity contribution in [1.82, 2.24) is 0 Å². The highest BCUT2D eigenvalue weighted by atomic mass is 16.6. The molecule has 0 heterocycles. The first-order valence-corrected chi connectivity index (χ1v) is 25.6. The molecule has 0 aromatic rings. The van der Waals surface area contributed by atoms with Crippen molar-refractivity contribution in [3.05, 3.63) is 122 Å². The van der Waals surface area contributed by atoms with Crippen LogP contribution in [0.3, 0.4) is 0 Å². The van der Waals surface area contributed by atoms with Crippen LogP contribution in [0, 0.1) is 0 Å². The molecule has 0 aliphatic carbocycles. The Morgan fingerprint density at radius 3 is 1.19 bits per heavy atom. The first kappa shape index (κ1) is 59.8. The van der Waals surface area contributed by atoms with Gasteiger partial charge in [0.15, 0.2) is 6.10 Å². The van der Waals surface area contributed by atoms with Crippen molar-refractivity contribution >= 4 is 17.9 Å². The molecule has 0 saturated carbocycles. The first-order valence-electron chi connectivity index (χ1n) is 25.6. The second-order valence-electron chi connectivity index (χ2n) is 16.5. The number of rotatable bonds is 44. The Morgan fingerprint density at radius 2 is 0.719 bits per heavy atom. The van der Waals surface area contributed by atoms with Crippen LogP contribution in [0.25, 0.3) is 0 Å². The number of carbonyl (C=O) groups excluding carboxylic acids is 3. The molecule has 0 N–H and O–H groups in total. The van der Waals surface area contributed by atoms with Gasteiger partial charge in [-0.25, -0.2) is 0 Å². The maximum Gasteiger partial charge on any atom is 0.306 e. The van der Waals surface area contributed by atoms with Gasteiger partial charge >= 0.3 is 17.9 Å². The van der Waals surface area contributed by atoms with Crippen LogP contribution in [0.2, 0.25) is 0 Å². The summed E-state index contributed by atoms with van der Waals surface area (Å²) >= 11 is 0. The van der Waals surface area contributed by atoms with Gasteiger partial charge in [0.25, 0.3) is 0 Å². The van der Waals surface area contributed by atoms with Gasteiger partial charge in [-0.15, -0.1) is 0 Å². The van der Waals surface area contributed by atoms with Crippen LogP contribution in [0.15, 0.2) is 122 Å². The Balaban J connectivity index is 4.54. The number of unbranched alkanes of at least 4 members (excludes halogenated alkanes) is 17. The van der Waals surface area contributed by atoms with Gasteiger partial charge in [0.2, 0.25) is 0 Å². The topological polar surface area (TPSA) is 78.9 Å². The number of carbonyl (C=O) groups is 3. The van der Waals surface area contributed by atoms with E-state index in [9.17, 15) is 14.4 Å². The number of allylic oxidation sites excluding steroid dienone is 20. The molecule has 0 spiro atoms. The van der Waals surface area contributed by atoms with E-state index >= 15 is 0 Å². The minimum atomic E-state index is -0.820. The summed E-state index contributed by atoms with van der Waals surface area (Å²) in [5, 5.41) is 0. The normalized spacial score (nSPS) is 13.1. The van der Waals surface area contributed by atoms with Crippen LogP contribution >= 0.6 is 0 Å². The lowest BCUT2D eigenvalue weighted by molar-refractivity contribution is -0.167. The van der Waals surface area contributed by atoms with Gasteiger partial charge < -0.3 is 14.2 Å². The van der Waals surface area contributed by atoms with Gasteiger partial charge in [0.05, 0.1) is 0 Å². The Morgan fingerprint density at radius 1 is 0.344 bits per heavy atom. The summed E-state index contributed by atoms with van der Waals surface area (Å²) in [5.41, 5.74) is 0. The highest BCUT2D eigenvalue weighted by Gasteiger charge is 2.19. The predicted octanol–water partition coefficient (Wildman–Crippen LogP) is 16.9. The fraction of sp³-hybridized carbons (Fsp3) is 0.603. The largest absolute Gasteiger partial charge is 0.462 e. The zero-order chi connectivity index (χ0) is 46.5. The van der Waals surface area contributed by atoms with Crippen molar-refractivity contribution < 1.29 is 28.6 Å². The molecule has 0 radical (unpaired) electrons. The predicted molar refractivity (Wildman–Crippen MR) is 274 cm³/mol. The molecule has 0 aromatic carbocycles. The van der Waals surface area contributed by atoms with E-state index < -0.39 is 6.10 Å². The molecular weight excluding hydrogens is 793 g/mol. The molecule has 6 heteroatoms. The summed E-state index contributed by atoms with van der Waals surface area (Å²) < 4.78 is 16.7. The SMILES string of the molecule is CC/C=C\C/C=C\C/C=C\C/C=C\C/C=C\CCCC(=O)OC(COC(=O)CCCCCCC\C=C/C=C\C=C/C=C\C=C/CCC)COC(=O)CCCCCCCCCCCCC. The summed E-state index contributed by atoms with van der Waals surface area (Å²) in [5.74, 6) is -1.00. The van der Waals surface area contributed by atoms with E-state index in [1.807, 2.05) is 36.5 Å². The number of hydrogen-bond acceptors (Lipinski definition) is 6. The third-order valence-electron chi connectivity index (χ3n) is 10.3. The summed E-state index contributed by atoms with van der Waals surface area (Å²) in [6.45, 7) is 6.34. The fourth-order valence-electron chi connectivity index (χ4n) is 6.51. The summed E-state index contributed by atoms with van der Waals surface area (Å²) in [7, 11) is 0. The lowest BCUT2D eigenvalue weighted by atomic mass is 10.1. The molecular formula is C58H92O6. The van der Waals surface area contributed by atoms with Crippen LogP contribution in [0.4, 0.5) is 0 Å². The zero-order valence-corrected chi connectivity index (χ0v) is 41.0. The molecule has 64 heavy (non-hydrogen) atoms. The van der Waals surface area contributed by atoms with Crippen LogP contribution in [-0.2, 0) is 28.6 Å². The molecule has 0 rings (SSSR count). The number of ether oxygens (including phenoxy) is 3. The molecule has 0 bridgehead atoms. The van der Waals surface area contributed by atoms with Gasteiger partial charge in [0.1, 0.15) is 13.2 Å². The Bertz CT molecular complexity index is 1390. The van der Waals surface area contributed by atoms with Crippen LogP contribution in [0.1, 0.15) is 207 Å². The smallest absolute Gasteiger partial charge is 0.306 e. The van der Waals surface area contributed by atoms with Crippen molar-refractivity contribution in [2.24, 2.45) is 0 Å².